The van der Waals surface area contributed by atoms with E-state index >= 15 is 0 Å². The zero-order valence-corrected chi connectivity index (χ0v) is 19.9. The Morgan fingerprint density at radius 2 is 1.62 bits per heavy atom. The summed E-state index contributed by atoms with van der Waals surface area (Å²) < 4.78 is 1.89. The average Bonchev–Trinajstić information content (AvgIpc) is 3.34. The molecule has 0 aliphatic carbocycles. The summed E-state index contributed by atoms with van der Waals surface area (Å²) in [6.07, 6.45) is 0.669. The van der Waals surface area contributed by atoms with Crippen LogP contribution in [0.25, 0.3) is 5.69 Å². The van der Waals surface area contributed by atoms with Crippen LogP contribution >= 0.6 is 11.3 Å². The topological polar surface area (TPSA) is 72.3 Å². The van der Waals surface area contributed by atoms with Crippen LogP contribution in [-0.2, 0) is 16.1 Å². The van der Waals surface area contributed by atoms with Crippen molar-refractivity contribution in [3.8, 4) is 5.69 Å². The molecule has 32 heavy (non-hydrogen) atoms. The largest absolute Gasteiger partial charge is 0.341 e. The minimum absolute atomic E-state index is 0.0127. The van der Waals surface area contributed by atoms with Crippen LogP contribution in [0.2, 0.25) is 0 Å². The summed E-state index contributed by atoms with van der Waals surface area (Å²) in [5.41, 5.74) is 3.86. The van der Waals surface area contributed by atoms with Crippen molar-refractivity contribution in [1.82, 2.24) is 14.7 Å². The third-order valence-corrected chi connectivity index (χ3v) is 6.57. The second kappa shape index (κ2) is 10.5. The second-order valence-electron chi connectivity index (χ2n) is 8.02. The number of benzene rings is 1. The van der Waals surface area contributed by atoms with Gasteiger partial charge in [-0.25, -0.2) is 4.68 Å². The fourth-order valence-corrected chi connectivity index (χ4v) is 4.41. The molecule has 0 bridgehead atoms. The van der Waals surface area contributed by atoms with Crippen molar-refractivity contribution >= 4 is 28.8 Å². The number of para-hydroxylation sites is 1. The second-order valence-corrected chi connectivity index (χ2v) is 9.31. The van der Waals surface area contributed by atoms with E-state index in [2.05, 4.69) is 5.10 Å². The lowest BCUT2D eigenvalue weighted by Crippen LogP contribution is -2.27. The number of aryl methyl sites for hydroxylation is 2. The lowest BCUT2D eigenvalue weighted by Gasteiger charge is -2.17. The number of carbonyl (C=O) groups excluding carboxylic acids is 3. The van der Waals surface area contributed by atoms with Crippen LogP contribution in [0.1, 0.15) is 57.2 Å². The predicted octanol–water partition coefficient (Wildman–Crippen LogP) is 4.83. The van der Waals surface area contributed by atoms with Gasteiger partial charge in [-0.3, -0.25) is 14.4 Å². The van der Waals surface area contributed by atoms with E-state index in [-0.39, 0.29) is 43.2 Å². The molecule has 0 saturated carbocycles. The van der Waals surface area contributed by atoms with Gasteiger partial charge in [0.1, 0.15) is 5.78 Å². The fourth-order valence-electron chi connectivity index (χ4n) is 3.57. The molecule has 0 saturated heterocycles. The zero-order chi connectivity index (χ0) is 23.3. The predicted molar refractivity (Wildman–Crippen MR) is 126 cm³/mol. The van der Waals surface area contributed by atoms with E-state index in [9.17, 15) is 14.4 Å². The number of thiophene rings is 1. The lowest BCUT2D eigenvalue weighted by molar-refractivity contribution is -0.132. The van der Waals surface area contributed by atoms with E-state index in [1.54, 1.807) is 18.0 Å². The van der Waals surface area contributed by atoms with Gasteiger partial charge < -0.3 is 4.90 Å². The molecule has 1 aromatic carbocycles. The summed E-state index contributed by atoms with van der Waals surface area (Å²) in [6, 6.07) is 13.6. The summed E-state index contributed by atoms with van der Waals surface area (Å²) in [7, 11) is 1.74. The van der Waals surface area contributed by atoms with Crippen molar-refractivity contribution in [1.29, 1.82) is 0 Å². The Bertz CT molecular complexity index is 1110. The van der Waals surface area contributed by atoms with Crippen LogP contribution in [-0.4, -0.2) is 39.2 Å². The highest BCUT2D eigenvalue weighted by molar-refractivity contribution is 7.14. The van der Waals surface area contributed by atoms with Gasteiger partial charge in [0.25, 0.3) is 0 Å². The molecule has 0 radical (unpaired) electrons. The Morgan fingerprint density at radius 3 is 2.28 bits per heavy atom. The van der Waals surface area contributed by atoms with E-state index in [0.29, 0.717) is 11.4 Å². The maximum Gasteiger partial charge on any atom is 0.223 e. The molecule has 0 aliphatic heterocycles. The van der Waals surface area contributed by atoms with Crippen molar-refractivity contribution in [3.63, 3.8) is 0 Å². The van der Waals surface area contributed by atoms with Gasteiger partial charge in [0.05, 0.1) is 16.3 Å². The highest BCUT2D eigenvalue weighted by Crippen LogP contribution is 2.20. The molecule has 6 nitrogen and oxygen atoms in total. The van der Waals surface area contributed by atoms with Gasteiger partial charge in [-0.1, -0.05) is 18.2 Å². The van der Waals surface area contributed by atoms with Gasteiger partial charge >= 0.3 is 0 Å². The van der Waals surface area contributed by atoms with Crippen molar-refractivity contribution in [2.24, 2.45) is 0 Å². The van der Waals surface area contributed by atoms with Crippen molar-refractivity contribution < 1.29 is 14.4 Å². The maximum atomic E-state index is 12.6. The highest BCUT2D eigenvalue weighted by atomic mass is 32.1. The van der Waals surface area contributed by atoms with Crippen molar-refractivity contribution in [2.75, 3.05) is 7.05 Å². The number of hydrogen-bond acceptors (Lipinski definition) is 5. The van der Waals surface area contributed by atoms with Crippen LogP contribution in [0, 0.1) is 20.8 Å². The number of amides is 1. The van der Waals surface area contributed by atoms with E-state index in [0.717, 1.165) is 27.5 Å². The van der Waals surface area contributed by atoms with E-state index < -0.39 is 0 Å². The SMILES string of the molecule is Cc1ccc(C(=O)CCC(=O)CCC(=O)N(C)Cc2c(C)nn(-c3ccccc3)c2C)s1. The quantitative estimate of drug-likeness (QED) is 0.414. The van der Waals surface area contributed by atoms with E-state index in [4.69, 9.17) is 0 Å². The lowest BCUT2D eigenvalue weighted by atomic mass is 10.1. The van der Waals surface area contributed by atoms with Gasteiger partial charge in [-0.15, -0.1) is 11.3 Å². The van der Waals surface area contributed by atoms with Crippen molar-refractivity contribution in [3.05, 3.63) is 69.2 Å². The van der Waals surface area contributed by atoms with Gasteiger partial charge in [-0.05, 0) is 45.0 Å². The molecule has 7 heteroatoms. The molecule has 0 spiro atoms. The number of aromatic nitrogens is 2. The average molecular weight is 452 g/mol. The highest BCUT2D eigenvalue weighted by Gasteiger charge is 2.18. The third-order valence-electron chi connectivity index (χ3n) is 5.53. The molecule has 168 valence electrons. The molecule has 0 N–H and O–H groups in total. The molecular formula is C25H29N3O3S. The number of ketones is 2. The first kappa shape index (κ1) is 23.6. The molecule has 0 unspecified atom stereocenters. The Kier molecular flexibility index (Phi) is 7.75. The Balaban J connectivity index is 1.50. The summed E-state index contributed by atoms with van der Waals surface area (Å²) in [5.74, 6) is -0.163. The zero-order valence-electron chi connectivity index (χ0n) is 19.1. The number of hydrogen-bond donors (Lipinski definition) is 0. The summed E-state index contributed by atoms with van der Waals surface area (Å²) in [4.78, 5) is 40.4. The molecule has 0 atom stereocenters. The van der Waals surface area contributed by atoms with Crippen LogP contribution < -0.4 is 0 Å². The first-order valence-electron chi connectivity index (χ1n) is 10.7. The Hall–Kier alpha value is -3.06. The van der Waals surface area contributed by atoms with E-state index in [1.165, 1.54) is 11.3 Å². The number of Topliss-reactive ketones (excluding diaryl/α,β-unsaturated/α-hetero) is 2. The minimum Gasteiger partial charge on any atom is -0.341 e. The normalized spacial score (nSPS) is 10.9. The summed E-state index contributed by atoms with van der Waals surface area (Å²) in [6.45, 7) is 6.32. The number of carbonyl (C=O) groups is 3. The van der Waals surface area contributed by atoms with Crippen LogP contribution in [0.4, 0.5) is 0 Å². The Labute approximate surface area is 192 Å². The Morgan fingerprint density at radius 1 is 0.938 bits per heavy atom. The van der Waals surface area contributed by atoms with Gasteiger partial charge in [0.2, 0.25) is 5.91 Å². The monoisotopic (exact) mass is 451 g/mol. The van der Waals surface area contributed by atoms with Crippen LogP contribution in [0.5, 0.6) is 0 Å². The molecule has 3 rings (SSSR count). The molecule has 1 amide bonds. The van der Waals surface area contributed by atoms with Crippen LogP contribution in [0.3, 0.4) is 0 Å². The molecule has 0 aliphatic rings. The first-order chi connectivity index (χ1) is 15.3. The summed E-state index contributed by atoms with van der Waals surface area (Å²) in [5, 5.41) is 4.63. The molecule has 3 aromatic rings. The molecular weight excluding hydrogens is 422 g/mol. The van der Waals surface area contributed by atoms with Crippen LogP contribution in [0.15, 0.2) is 42.5 Å². The number of rotatable bonds is 10. The van der Waals surface area contributed by atoms with Crippen molar-refractivity contribution in [2.45, 2.75) is 53.0 Å². The maximum absolute atomic E-state index is 12.6. The first-order valence-corrected chi connectivity index (χ1v) is 11.5. The van der Waals surface area contributed by atoms with Gasteiger partial charge in [-0.2, -0.15) is 5.10 Å². The fraction of sp³-hybridized carbons (Fsp3) is 0.360. The minimum atomic E-state index is -0.0928. The molecule has 2 aromatic heterocycles. The smallest absolute Gasteiger partial charge is 0.223 e. The summed E-state index contributed by atoms with van der Waals surface area (Å²) >= 11 is 1.44. The van der Waals surface area contributed by atoms with E-state index in [1.807, 2.05) is 61.9 Å². The number of nitrogens with zero attached hydrogens (tertiary/aromatic N) is 3. The molecule has 0 fully saturated rings. The molecule has 2 heterocycles. The third kappa shape index (κ3) is 5.79. The van der Waals surface area contributed by atoms with Gasteiger partial charge in [0.15, 0.2) is 5.78 Å². The standard InChI is InChI=1S/C25H29N3O3S/c1-17-10-14-24(32-17)23(30)13-11-21(29)12-15-25(31)27(4)16-22-18(2)26-28(19(22)3)20-8-6-5-7-9-20/h5-10,14H,11-13,15-16H2,1-4H3. The van der Waals surface area contributed by atoms with Gasteiger partial charge in [0, 0.05) is 55.4 Å².